The monoisotopic (exact) mass is 517 g/mol. The standard InChI is InChI=1S/C17H14Br2NO4PS/c18-13-8-14(19)10-15(9-13)26(24)20(11-25(21,22)23)17-7-3-5-12-4-1-2-6-16(12)17/h1-10H,11H2,(H2,21,22,23). The summed E-state index contributed by atoms with van der Waals surface area (Å²) in [7, 11) is -6.27. The summed E-state index contributed by atoms with van der Waals surface area (Å²) < 4.78 is 27.6. The molecule has 0 aliphatic carbocycles. The lowest BCUT2D eigenvalue weighted by molar-refractivity contribution is 0.374. The lowest BCUT2D eigenvalue weighted by Gasteiger charge is -2.25. The first-order valence-corrected chi connectivity index (χ1v) is 11.9. The molecule has 0 radical (unpaired) electrons. The average Bonchev–Trinajstić information content (AvgIpc) is 2.57. The first kappa shape index (κ1) is 19.7. The van der Waals surface area contributed by atoms with E-state index in [-0.39, 0.29) is 0 Å². The van der Waals surface area contributed by atoms with Gasteiger partial charge in [-0.1, -0.05) is 68.3 Å². The minimum atomic E-state index is -4.45. The van der Waals surface area contributed by atoms with E-state index in [1.165, 1.54) is 4.31 Å². The average molecular weight is 519 g/mol. The van der Waals surface area contributed by atoms with Crippen LogP contribution in [0.25, 0.3) is 10.8 Å². The molecule has 0 aliphatic rings. The van der Waals surface area contributed by atoms with E-state index in [9.17, 15) is 18.6 Å². The molecule has 0 amide bonds. The van der Waals surface area contributed by atoms with Gasteiger partial charge in [0.25, 0.3) is 0 Å². The first-order chi connectivity index (χ1) is 12.2. The molecular weight excluding hydrogens is 505 g/mol. The molecule has 2 N–H and O–H groups in total. The van der Waals surface area contributed by atoms with E-state index in [0.717, 1.165) is 10.8 Å². The van der Waals surface area contributed by atoms with Crippen LogP contribution in [0.4, 0.5) is 5.69 Å². The molecule has 0 spiro atoms. The number of halogens is 2. The predicted molar refractivity (Wildman–Crippen MR) is 112 cm³/mol. The van der Waals surface area contributed by atoms with Crippen LogP contribution < -0.4 is 4.31 Å². The molecule has 0 saturated heterocycles. The zero-order valence-corrected chi connectivity index (χ0v) is 18.1. The van der Waals surface area contributed by atoms with Gasteiger partial charge in [-0.3, -0.25) is 8.87 Å². The fourth-order valence-electron chi connectivity index (χ4n) is 2.57. The Labute approximate surface area is 170 Å². The summed E-state index contributed by atoms with van der Waals surface area (Å²) >= 11 is 6.70. The Bertz CT molecular complexity index is 1010. The van der Waals surface area contributed by atoms with Crippen molar-refractivity contribution in [2.75, 3.05) is 10.6 Å². The number of hydrogen-bond acceptors (Lipinski definition) is 2. The van der Waals surface area contributed by atoms with Gasteiger partial charge in [0.2, 0.25) is 0 Å². The van der Waals surface area contributed by atoms with Crippen molar-refractivity contribution in [3.05, 3.63) is 69.6 Å². The van der Waals surface area contributed by atoms with Gasteiger partial charge in [0.1, 0.15) is 6.29 Å². The molecule has 1 atom stereocenters. The Kier molecular flexibility index (Phi) is 6.01. The van der Waals surface area contributed by atoms with Crippen LogP contribution >= 0.6 is 39.5 Å². The highest BCUT2D eigenvalue weighted by Gasteiger charge is 2.26. The molecule has 0 heterocycles. The molecule has 0 fully saturated rings. The van der Waals surface area contributed by atoms with Crippen molar-refractivity contribution in [3.8, 4) is 0 Å². The smallest absolute Gasteiger partial charge is 0.323 e. The zero-order valence-electron chi connectivity index (χ0n) is 13.3. The molecule has 0 saturated carbocycles. The predicted octanol–water partition coefficient (Wildman–Crippen LogP) is 5.03. The third kappa shape index (κ3) is 4.63. The van der Waals surface area contributed by atoms with E-state index < -0.39 is 24.9 Å². The molecule has 0 bridgehead atoms. The summed E-state index contributed by atoms with van der Waals surface area (Å²) in [5.74, 6) is 0. The van der Waals surface area contributed by atoms with Crippen molar-refractivity contribution >= 4 is 66.9 Å². The largest absolute Gasteiger partial charge is 0.345 e. The molecule has 3 aromatic rings. The lowest BCUT2D eigenvalue weighted by Crippen LogP contribution is -2.27. The zero-order chi connectivity index (χ0) is 18.9. The highest BCUT2D eigenvalue weighted by Crippen LogP contribution is 2.40. The first-order valence-electron chi connectivity index (χ1n) is 7.42. The van der Waals surface area contributed by atoms with Crippen molar-refractivity contribution < 1.29 is 18.6 Å². The maximum absolute atomic E-state index is 13.2. The van der Waals surface area contributed by atoms with E-state index in [0.29, 0.717) is 19.5 Å². The Balaban J connectivity index is 2.16. The highest BCUT2D eigenvalue weighted by molar-refractivity contribution is 9.11. The second kappa shape index (κ2) is 7.92. The molecule has 0 aromatic heterocycles. The van der Waals surface area contributed by atoms with Crippen molar-refractivity contribution in [1.29, 1.82) is 0 Å². The quantitative estimate of drug-likeness (QED) is 0.464. The Morgan fingerprint density at radius 3 is 2.23 bits per heavy atom. The van der Waals surface area contributed by atoms with Gasteiger partial charge in [-0.25, -0.2) is 4.21 Å². The molecule has 1 unspecified atom stereocenters. The Morgan fingerprint density at radius 1 is 0.962 bits per heavy atom. The SMILES string of the molecule is O=S(c1cc(Br)cc(Br)c1)N(CP(=O)(O)O)c1cccc2ccccc12. The van der Waals surface area contributed by atoms with Gasteiger partial charge in [-0.2, -0.15) is 0 Å². The number of nitrogens with zero attached hydrogens (tertiary/aromatic N) is 1. The number of rotatable bonds is 5. The molecule has 3 rings (SSSR count). The number of fused-ring (bicyclic) bond motifs is 1. The molecular formula is C17H14Br2NO4PS. The fourth-order valence-corrected chi connectivity index (χ4v) is 6.57. The van der Waals surface area contributed by atoms with Crippen LogP contribution in [0, 0.1) is 0 Å². The Hall–Kier alpha value is -1.02. The van der Waals surface area contributed by atoms with E-state index in [4.69, 9.17) is 0 Å². The number of hydrogen-bond donors (Lipinski definition) is 2. The van der Waals surface area contributed by atoms with E-state index in [2.05, 4.69) is 31.9 Å². The van der Waals surface area contributed by atoms with Crippen LogP contribution in [0.15, 0.2) is 74.5 Å². The van der Waals surface area contributed by atoms with Gasteiger partial charge in [-0.15, -0.1) is 0 Å². The van der Waals surface area contributed by atoms with Crippen molar-refractivity contribution in [3.63, 3.8) is 0 Å². The van der Waals surface area contributed by atoms with Gasteiger partial charge in [0.15, 0.2) is 11.0 Å². The molecule has 5 nitrogen and oxygen atoms in total. The van der Waals surface area contributed by atoms with E-state index >= 15 is 0 Å². The molecule has 0 aliphatic heterocycles. The van der Waals surface area contributed by atoms with Gasteiger partial charge in [-0.05, 0) is 29.7 Å². The van der Waals surface area contributed by atoms with Crippen LogP contribution in [0.1, 0.15) is 0 Å². The summed E-state index contributed by atoms with van der Waals surface area (Å²) in [6.07, 6.45) is -0.655. The van der Waals surface area contributed by atoms with Gasteiger partial charge < -0.3 is 9.79 Å². The maximum atomic E-state index is 13.2. The lowest BCUT2D eigenvalue weighted by atomic mass is 10.1. The van der Waals surface area contributed by atoms with Crippen LogP contribution in [0.2, 0.25) is 0 Å². The fraction of sp³-hybridized carbons (Fsp3) is 0.0588. The van der Waals surface area contributed by atoms with Crippen LogP contribution in [0.3, 0.4) is 0 Å². The summed E-state index contributed by atoms with van der Waals surface area (Å²) in [5, 5.41) is 1.67. The maximum Gasteiger partial charge on any atom is 0.345 e. The molecule has 9 heteroatoms. The minimum Gasteiger partial charge on any atom is -0.323 e. The van der Waals surface area contributed by atoms with Gasteiger partial charge >= 0.3 is 7.60 Å². The second-order valence-electron chi connectivity index (χ2n) is 5.54. The van der Waals surface area contributed by atoms with Crippen LogP contribution in [0.5, 0.6) is 0 Å². The summed E-state index contributed by atoms with van der Waals surface area (Å²) in [5.41, 5.74) is 0.501. The van der Waals surface area contributed by atoms with Crippen molar-refractivity contribution in [2.45, 2.75) is 4.90 Å². The van der Waals surface area contributed by atoms with E-state index in [1.807, 2.05) is 30.3 Å². The van der Waals surface area contributed by atoms with Crippen LogP contribution in [-0.4, -0.2) is 20.3 Å². The third-order valence-electron chi connectivity index (χ3n) is 3.59. The number of benzene rings is 3. The van der Waals surface area contributed by atoms with Crippen molar-refractivity contribution in [1.82, 2.24) is 0 Å². The topological polar surface area (TPSA) is 77.8 Å². The summed E-state index contributed by atoms with van der Waals surface area (Å²) in [4.78, 5) is 19.5. The second-order valence-corrected chi connectivity index (χ2v) is 10.4. The summed E-state index contributed by atoms with van der Waals surface area (Å²) in [6, 6.07) is 18.0. The Morgan fingerprint density at radius 2 is 1.58 bits per heavy atom. The van der Waals surface area contributed by atoms with Crippen molar-refractivity contribution in [2.24, 2.45) is 0 Å². The van der Waals surface area contributed by atoms with Crippen LogP contribution in [-0.2, 0) is 15.6 Å². The number of anilines is 1. The molecule has 26 heavy (non-hydrogen) atoms. The summed E-state index contributed by atoms with van der Waals surface area (Å²) in [6.45, 7) is 0. The molecule has 136 valence electrons. The van der Waals surface area contributed by atoms with Gasteiger partial charge in [0, 0.05) is 14.3 Å². The van der Waals surface area contributed by atoms with E-state index in [1.54, 1.807) is 30.3 Å². The normalized spacial score (nSPS) is 12.9. The third-order valence-corrected chi connectivity index (χ3v) is 6.71. The highest BCUT2D eigenvalue weighted by atomic mass is 79.9. The van der Waals surface area contributed by atoms with Gasteiger partial charge in [0.05, 0.1) is 10.6 Å². The molecule has 3 aromatic carbocycles. The minimum absolute atomic E-state index is 0.424.